The Morgan fingerprint density at radius 1 is 1.38 bits per heavy atom. The Morgan fingerprint density at radius 3 is 2.86 bits per heavy atom. The predicted molar refractivity (Wildman–Crippen MR) is 81.3 cm³/mol. The van der Waals surface area contributed by atoms with Crippen molar-refractivity contribution >= 4 is 10.0 Å². The van der Waals surface area contributed by atoms with Crippen LogP contribution in [0.15, 0.2) is 12.5 Å². The first-order valence-corrected chi connectivity index (χ1v) is 9.58. The number of nitrogens with one attached hydrogen (secondary N) is 1. The molecule has 0 spiro atoms. The minimum atomic E-state index is -3.15. The summed E-state index contributed by atoms with van der Waals surface area (Å²) in [6, 6.07) is 0.132. The van der Waals surface area contributed by atoms with Crippen LogP contribution in [0.5, 0.6) is 0 Å². The van der Waals surface area contributed by atoms with Crippen LogP contribution in [-0.2, 0) is 16.6 Å². The maximum atomic E-state index is 11.3. The zero-order valence-corrected chi connectivity index (χ0v) is 13.3. The molecule has 0 amide bonds. The fraction of sp³-hybridized carbons (Fsp3) is 0.786. The number of imidazole rings is 1. The third-order valence-corrected chi connectivity index (χ3v) is 5.26. The number of sulfonamides is 1. The number of hydrogen-bond donors (Lipinski definition) is 1. The third kappa shape index (κ3) is 3.84. The summed E-state index contributed by atoms with van der Waals surface area (Å²) in [7, 11) is -3.15. The van der Waals surface area contributed by atoms with Crippen molar-refractivity contribution in [2.24, 2.45) is 5.92 Å². The molecule has 1 aliphatic heterocycles. The molecule has 0 radical (unpaired) electrons. The molecule has 7 heteroatoms. The highest BCUT2D eigenvalue weighted by Crippen LogP contribution is 2.28. The smallest absolute Gasteiger partial charge is 0.208 e. The third-order valence-electron chi connectivity index (χ3n) is 4.57. The second-order valence-electron chi connectivity index (χ2n) is 6.41. The Morgan fingerprint density at radius 2 is 2.14 bits per heavy atom. The normalized spacial score (nSPS) is 24.3. The van der Waals surface area contributed by atoms with E-state index in [1.165, 1.54) is 37.6 Å². The van der Waals surface area contributed by atoms with E-state index in [2.05, 4.69) is 19.2 Å². The molecule has 1 atom stereocenters. The van der Waals surface area contributed by atoms with Crippen molar-refractivity contribution in [1.29, 1.82) is 0 Å². The Bertz CT molecular complexity index is 578. The largest absolute Gasteiger partial charge is 0.328 e. The van der Waals surface area contributed by atoms with Crippen LogP contribution >= 0.6 is 0 Å². The van der Waals surface area contributed by atoms with Gasteiger partial charge in [-0.05, 0) is 18.8 Å². The lowest BCUT2D eigenvalue weighted by Gasteiger charge is -2.35. The second kappa shape index (κ2) is 6.06. The molecule has 1 aromatic rings. The molecule has 1 aliphatic carbocycles. The SMILES string of the molecule is CS(=O)(=O)NC[C@@H]1CN(CC2CCCC2)Cc2cncn21. The molecule has 0 aromatic carbocycles. The Kier molecular flexibility index (Phi) is 4.33. The molecule has 0 bridgehead atoms. The molecular formula is C14H24N4O2S. The van der Waals surface area contributed by atoms with Crippen LogP contribution < -0.4 is 4.72 Å². The van der Waals surface area contributed by atoms with Gasteiger partial charge in [0.1, 0.15) is 0 Å². The maximum absolute atomic E-state index is 11.3. The summed E-state index contributed by atoms with van der Waals surface area (Å²) in [6.07, 6.45) is 10.3. The van der Waals surface area contributed by atoms with Crippen molar-refractivity contribution in [2.75, 3.05) is 25.9 Å². The van der Waals surface area contributed by atoms with E-state index < -0.39 is 10.0 Å². The van der Waals surface area contributed by atoms with Gasteiger partial charge < -0.3 is 4.57 Å². The summed E-state index contributed by atoms with van der Waals surface area (Å²) in [6.45, 7) is 3.37. The lowest BCUT2D eigenvalue weighted by atomic mass is 10.1. The van der Waals surface area contributed by atoms with Gasteiger partial charge in [0, 0.05) is 32.4 Å². The van der Waals surface area contributed by atoms with Gasteiger partial charge in [0.15, 0.2) is 0 Å². The second-order valence-corrected chi connectivity index (χ2v) is 8.24. The van der Waals surface area contributed by atoms with Crippen LogP contribution in [0.1, 0.15) is 37.4 Å². The zero-order valence-electron chi connectivity index (χ0n) is 12.5. The van der Waals surface area contributed by atoms with Crippen molar-refractivity contribution in [3.05, 3.63) is 18.2 Å². The van der Waals surface area contributed by atoms with Crippen LogP contribution in [0.25, 0.3) is 0 Å². The zero-order chi connectivity index (χ0) is 14.9. The number of fused-ring (bicyclic) bond motifs is 1. The highest BCUT2D eigenvalue weighted by atomic mass is 32.2. The van der Waals surface area contributed by atoms with Crippen LogP contribution in [0.2, 0.25) is 0 Å². The van der Waals surface area contributed by atoms with E-state index >= 15 is 0 Å². The first-order chi connectivity index (χ1) is 10.0. The topological polar surface area (TPSA) is 67.2 Å². The van der Waals surface area contributed by atoms with E-state index in [4.69, 9.17) is 0 Å². The summed E-state index contributed by atoms with van der Waals surface area (Å²) >= 11 is 0. The van der Waals surface area contributed by atoms with E-state index in [1.54, 1.807) is 0 Å². The molecule has 0 unspecified atom stereocenters. The van der Waals surface area contributed by atoms with Gasteiger partial charge in [-0.25, -0.2) is 18.1 Å². The molecule has 6 nitrogen and oxygen atoms in total. The van der Waals surface area contributed by atoms with Gasteiger partial charge in [0.05, 0.1) is 24.3 Å². The molecule has 1 saturated carbocycles. The highest BCUT2D eigenvalue weighted by Gasteiger charge is 2.27. The van der Waals surface area contributed by atoms with Crippen molar-refractivity contribution in [1.82, 2.24) is 19.2 Å². The molecule has 1 aromatic heterocycles. The van der Waals surface area contributed by atoms with Gasteiger partial charge in [-0.1, -0.05) is 12.8 Å². The van der Waals surface area contributed by atoms with Crippen LogP contribution in [0.4, 0.5) is 0 Å². The van der Waals surface area contributed by atoms with Gasteiger partial charge in [-0.3, -0.25) is 4.90 Å². The monoisotopic (exact) mass is 312 g/mol. The summed E-state index contributed by atoms with van der Waals surface area (Å²) in [5.74, 6) is 0.808. The van der Waals surface area contributed by atoms with Crippen molar-refractivity contribution < 1.29 is 8.42 Å². The summed E-state index contributed by atoms with van der Waals surface area (Å²) in [5.41, 5.74) is 1.18. The minimum Gasteiger partial charge on any atom is -0.328 e. The summed E-state index contributed by atoms with van der Waals surface area (Å²) in [4.78, 5) is 6.68. The predicted octanol–water partition coefficient (Wildman–Crippen LogP) is 0.979. The van der Waals surface area contributed by atoms with Crippen molar-refractivity contribution in [3.8, 4) is 0 Å². The van der Waals surface area contributed by atoms with Crippen molar-refractivity contribution in [3.63, 3.8) is 0 Å². The fourth-order valence-corrected chi connectivity index (χ4v) is 4.07. The molecule has 2 aliphatic rings. The molecule has 118 valence electrons. The first-order valence-electron chi connectivity index (χ1n) is 7.69. The quantitative estimate of drug-likeness (QED) is 0.880. The average Bonchev–Trinajstić information content (AvgIpc) is 3.05. The molecule has 21 heavy (non-hydrogen) atoms. The van der Waals surface area contributed by atoms with E-state index in [0.717, 1.165) is 25.6 Å². The summed E-state index contributed by atoms with van der Waals surface area (Å²) in [5, 5.41) is 0. The summed E-state index contributed by atoms with van der Waals surface area (Å²) < 4.78 is 27.4. The first kappa shape index (κ1) is 15.0. The average molecular weight is 312 g/mol. The maximum Gasteiger partial charge on any atom is 0.208 e. The molecular weight excluding hydrogens is 288 g/mol. The fourth-order valence-electron chi connectivity index (χ4n) is 3.57. The van der Waals surface area contributed by atoms with Crippen LogP contribution in [0, 0.1) is 5.92 Å². The van der Waals surface area contributed by atoms with Gasteiger partial charge >= 0.3 is 0 Å². The molecule has 0 saturated heterocycles. The molecule has 1 N–H and O–H groups in total. The van der Waals surface area contributed by atoms with Gasteiger partial charge in [0.25, 0.3) is 0 Å². The Balaban J connectivity index is 1.67. The molecule has 3 rings (SSSR count). The van der Waals surface area contributed by atoms with Crippen LogP contribution in [0.3, 0.4) is 0 Å². The number of nitrogens with zero attached hydrogens (tertiary/aromatic N) is 3. The van der Waals surface area contributed by atoms with Gasteiger partial charge in [-0.15, -0.1) is 0 Å². The van der Waals surface area contributed by atoms with E-state index in [1.807, 2.05) is 12.5 Å². The Hall–Kier alpha value is -0.920. The Labute approximate surface area is 126 Å². The van der Waals surface area contributed by atoms with Crippen LogP contribution in [-0.4, -0.2) is 48.8 Å². The lowest BCUT2D eigenvalue weighted by Crippen LogP contribution is -2.43. The van der Waals surface area contributed by atoms with E-state index in [9.17, 15) is 8.42 Å². The van der Waals surface area contributed by atoms with E-state index in [0.29, 0.717) is 6.54 Å². The number of rotatable bonds is 5. The van der Waals surface area contributed by atoms with E-state index in [-0.39, 0.29) is 6.04 Å². The van der Waals surface area contributed by atoms with Gasteiger partial charge in [-0.2, -0.15) is 0 Å². The molecule has 1 fully saturated rings. The van der Waals surface area contributed by atoms with Crippen molar-refractivity contribution in [2.45, 2.75) is 38.3 Å². The molecule has 2 heterocycles. The minimum absolute atomic E-state index is 0.132. The lowest BCUT2D eigenvalue weighted by molar-refractivity contribution is 0.160. The number of hydrogen-bond acceptors (Lipinski definition) is 4. The standard InChI is InChI=1S/C14H24N4O2S/c1-21(19,20)16-7-14-10-17(8-12-4-2-3-5-12)9-13-6-15-11-18(13)14/h6,11-12,14,16H,2-5,7-10H2,1H3/t14-/m1/s1. The highest BCUT2D eigenvalue weighted by molar-refractivity contribution is 7.88. The number of aromatic nitrogens is 2. The van der Waals surface area contributed by atoms with Gasteiger partial charge in [0.2, 0.25) is 10.0 Å².